The summed E-state index contributed by atoms with van der Waals surface area (Å²) < 4.78 is 68.8. The third kappa shape index (κ3) is 6.96. The normalized spacial score (nSPS) is 18.3. The molecule has 3 aromatic carbocycles. The number of aryl methyl sites for hydroxylation is 1. The van der Waals surface area contributed by atoms with E-state index in [1.807, 2.05) is 13.8 Å². The molecular weight excluding hydrogens is 594 g/mol. The number of nitrogens with zero attached hydrogens (tertiary/aromatic N) is 2. The van der Waals surface area contributed by atoms with E-state index in [0.717, 1.165) is 9.87 Å². The van der Waals surface area contributed by atoms with E-state index < -0.39 is 44.0 Å². The maximum Gasteiger partial charge on any atom is 0.262 e. The molecule has 0 saturated heterocycles. The van der Waals surface area contributed by atoms with Crippen LogP contribution in [0.5, 0.6) is 11.5 Å². The van der Waals surface area contributed by atoms with Gasteiger partial charge in [0.15, 0.2) is 5.75 Å². The van der Waals surface area contributed by atoms with Gasteiger partial charge in [0, 0.05) is 19.5 Å². The van der Waals surface area contributed by atoms with Crippen molar-refractivity contribution in [1.29, 1.82) is 0 Å². The lowest BCUT2D eigenvalue weighted by atomic mass is 9.99. The Morgan fingerprint density at radius 2 is 1.67 bits per heavy atom. The molecule has 0 aliphatic carbocycles. The van der Waals surface area contributed by atoms with Crippen molar-refractivity contribution in [3.8, 4) is 11.5 Å². The third-order valence-corrected chi connectivity index (χ3v) is 10.7. The number of aliphatic hydroxyl groups is 1. The molecule has 3 aromatic rings. The third-order valence-electron chi connectivity index (χ3n) is 7.47. The number of ether oxygens (including phenoxy) is 2. The number of rotatable bonds is 10. The standard InChI is InChI=1S/C30H37N3O8S2/c1-20-9-13-24(14-10-20)42(36,37)31-27-8-6-7-26-29(27)41-28(21(2)17-33(30(26)35)22(3)19-34)18-32(4)43(38,39)25-15-11-23(40-5)12-16-25/h6-16,21-22,28,31,34H,17-19H2,1-5H3/t21-,22+,28-/m0/s1. The highest BCUT2D eigenvalue weighted by Crippen LogP contribution is 2.36. The Bertz CT molecular complexity index is 1660. The van der Waals surface area contributed by atoms with E-state index in [0.29, 0.717) is 5.75 Å². The summed E-state index contributed by atoms with van der Waals surface area (Å²) in [5.41, 5.74) is 1.01. The minimum atomic E-state index is -4.07. The second-order valence-corrected chi connectivity index (χ2v) is 14.4. The first-order chi connectivity index (χ1) is 20.3. The highest BCUT2D eigenvalue weighted by atomic mass is 32.2. The molecule has 1 heterocycles. The van der Waals surface area contributed by atoms with E-state index in [4.69, 9.17) is 9.47 Å². The summed E-state index contributed by atoms with van der Waals surface area (Å²) in [4.78, 5) is 15.3. The molecule has 11 nitrogen and oxygen atoms in total. The average Bonchev–Trinajstić information content (AvgIpc) is 2.98. The van der Waals surface area contributed by atoms with Crippen LogP contribution in [0.15, 0.2) is 76.5 Å². The molecule has 4 rings (SSSR count). The molecule has 0 saturated carbocycles. The predicted molar refractivity (Wildman–Crippen MR) is 162 cm³/mol. The van der Waals surface area contributed by atoms with E-state index in [1.54, 1.807) is 31.2 Å². The first-order valence-corrected chi connectivity index (χ1v) is 16.6. The fourth-order valence-electron chi connectivity index (χ4n) is 4.74. The van der Waals surface area contributed by atoms with Crippen LogP contribution in [0.2, 0.25) is 0 Å². The molecular formula is C30H37N3O8S2. The van der Waals surface area contributed by atoms with Crippen molar-refractivity contribution >= 4 is 31.6 Å². The summed E-state index contributed by atoms with van der Waals surface area (Å²) in [6, 6.07) is 16.3. The highest BCUT2D eigenvalue weighted by Gasteiger charge is 2.36. The minimum absolute atomic E-state index is 0.0230. The number of nitrogens with one attached hydrogen (secondary N) is 1. The van der Waals surface area contributed by atoms with Gasteiger partial charge in [-0.2, -0.15) is 4.31 Å². The molecule has 43 heavy (non-hydrogen) atoms. The fraction of sp³-hybridized carbons (Fsp3) is 0.367. The zero-order chi connectivity index (χ0) is 31.5. The van der Waals surface area contributed by atoms with Gasteiger partial charge in [0.25, 0.3) is 15.9 Å². The van der Waals surface area contributed by atoms with Crippen LogP contribution in [0, 0.1) is 12.8 Å². The number of sulfonamides is 2. The summed E-state index contributed by atoms with van der Waals surface area (Å²) in [6.07, 6.45) is -0.803. The molecule has 0 radical (unpaired) electrons. The van der Waals surface area contributed by atoms with Gasteiger partial charge in [0.1, 0.15) is 11.9 Å². The van der Waals surface area contributed by atoms with Gasteiger partial charge >= 0.3 is 0 Å². The number of likely N-dealkylation sites (N-methyl/N-ethyl adjacent to an activating group) is 1. The maximum atomic E-state index is 13.7. The number of hydrogen-bond acceptors (Lipinski definition) is 8. The summed E-state index contributed by atoms with van der Waals surface area (Å²) in [7, 11) is -5.09. The number of carbonyl (C=O) groups excluding carboxylic acids is 1. The van der Waals surface area contributed by atoms with Crippen LogP contribution in [0.1, 0.15) is 29.8 Å². The molecule has 0 fully saturated rings. The van der Waals surface area contributed by atoms with Crippen molar-refractivity contribution in [2.75, 3.05) is 38.6 Å². The predicted octanol–water partition coefficient (Wildman–Crippen LogP) is 3.35. The van der Waals surface area contributed by atoms with Gasteiger partial charge in [-0.05, 0) is 62.4 Å². The quantitative estimate of drug-likeness (QED) is 0.347. The van der Waals surface area contributed by atoms with Gasteiger partial charge in [0.2, 0.25) is 10.0 Å². The van der Waals surface area contributed by atoms with Crippen molar-refractivity contribution in [2.45, 2.75) is 42.7 Å². The molecule has 1 aliphatic heterocycles. The Balaban J connectivity index is 1.74. The summed E-state index contributed by atoms with van der Waals surface area (Å²) in [6.45, 7) is 5.11. The van der Waals surface area contributed by atoms with Crippen LogP contribution in [0.25, 0.3) is 0 Å². The molecule has 1 amide bonds. The molecule has 0 bridgehead atoms. The number of hydrogen-bond donors (Lipinski definition) is 2. The van der Waals surface area contributed by atoms with Gasteiger partial charge in [-0.25, -0.2) is 16.8 Å². The van der Waals surface area contributed by atoms with E-state index in [2.05, 4.69) is 4.72 Å². The number of methoxy groups -OCH3 is 1. The van der Waals surface area contributed by atoms with Crippen molar-refractivity contribution < 1.29 is 36.2 Å². The van der Waals surface area contributed by atoms with Gasteiger partial charge in [-0.3, -0.25) is 9.52 Å². The molecule has 2 N–H and O–H groups in total. The van der Waals surface area contributed by atoms with Gasteiger partial charge < -0.3 is 19.5 Å². The van der Waals surface area contributed by atoms with Crippen LogP contribution >= 0.6 is 0 Å². The Morgan fingerprint density at radius 1 is 1.05 bits per heavy atom. The van der Waals surface area contributed by atoms with Crippen LogP contribution in [0.4, 0.5) is 5.69 Å². The SMILES string of the molecule is COc1ccc(S(=O)(=O)N(C)C[C@@H]2Oc3c(NS(=O)(=O)c4ccc(C)cc4)cccc3C(=O)N([C@H](C)CO)C[C@@H]2C)cc1. The number of amides is 1. The van der Waals surface area contributed by atoms with Crippen molar-refractivity contribution in [1.82, 2.24) is 9.21 Å². The monoisotopic (exact) mass is 631 g/mol. The fourth-order valence-corrected chi connectivity index (χ4v) is 6.99. The van der Waals surface area contributed by atoms with Crippen LogP contribution in [-0.4, -0.2) is 83.1 Å². The van der Waals surface area contributed by atoms with E-state index in [9.17, 15) is 26.7 Å². The number of benzene rings is 3. The Labute approximate surface area is 253 Å². The van der Waals surface area contributed by atoms with Crippen LogP contribution < -0.4 is 14.2 Å². The van der Waals surface area contributed by atoms with E-state index >= 15 is 0 Å². The molecule has 3 atom stereocenters. The average molecular weight is 632 g/mol. The molecule has 1 aliphatic rings. The topological polar surface area (TPSA) is 143 Å². The lowest BCUT2D eigenvalue weighted by molar-refractivity contribution is 0.0389. The lowest BCUT2D eigenvalue weighted by Gasteiger charge is -2.38. The Hall–Kier alpha value is -3.65. The minimum Gasteiger partial charge on any atom is -0.497 e. The smallest absolute Gasteiger partial charge is 0.262 e. The first kappa shape index (κ1) is 32.3. The van der Waals surface area contributed by atoms with Crippen molar-refractivity contribution in [2.24, 2.45) is 5.92 Å². The molecule has 232 valence electrons. The molecule has 0 unspecified atom stereocenters. The molecule has 0 aromatic heterocycles. The van der Waals surface area contributed by atoms with Crippen molar-refractivity contribution in [3.63, 3.8) is 0 Å². The zero-order valence-corrected chi connectivity index (χ0v) is 26.4. The number of carbonyl (C=O) groups is 1. The summed E-state index contributed by atoms with van der Waals surface area (Å²) >= 11 is 0. The van der Waals surface area contributed by atoms with Crippen molar-refractivity contribution in [3.05, 3.63) is 77.9 Å². The number of para-hydroxylation sites is 1. The second-order valence-electron chi connectivity index (χ2n) is 10.7. The second kappa shape index (κ2) is 12.9. The van der Waals surface area contributed by atoms with E-state index in [1.165, 1.54) is 61.5 Å². The van der Waals surface area contributed by atoms with Gasteiger partial charge in [0.05, 0.1) is 47.3 Å². The number of aliphatic hydroxyl groups excluding tert-OH is 1. The highest BCUT2D eigenvalue weighted by molar-refractivity contribution is 7.92. The van der Waals surface area contributed by atoms with Crippen LogP contribution in [-0.2, 0) is 20.0 Å². The molecule has 0 spiro atoms. The maximum absolute atomic E-state index is 13.7. The summed E-state index contributed by atoms with van der Waals surface area (Å²) in [5, 5.41) is 9.92. The number of anilines is 1. The van der Waals surface area contributed by atoms with E-state index in [-0.39, 0.29) is 46.5 Å². The van der Waals surface area contributed by atoms with Crippen LogP contribution in [0.3, 0.4) is 0 Å². The Morgan fingerprint density at radius 3 is 2.28 bits per heavy atom. The Kier molecular flexibility index (Phi) is 9.70. The van der Waals surface area contributed by atoms with Gasteiger partial charge in [-0.1, -0.05) is 30.7 Å². The number of fused-ring (bicyclic) bond motifs is 1. The lowest BCUT2D eigenvalue weighted by Crippen LogP contribution is -2.50. The largest absolute Gasteiger partial charge is 0.497 e. The first-order valence-electron chi connectivity index (χ1n) is 13.7. The zero-order valence-electron chi connectivity index (χ0n) is 24.7. The molecule has 13 heteroatoms. The summed E-state index contributed by atoms with van der Waals surface area (Å²) in [5.74, 6) is -0.373. The van der Waals surface area contributed by atoms with Gasteiger partial charge in [-0.15, -0.1) is 0 Å².